The summed E-state index contributed by atoms with van der Waals surface area (Å²) in [6.07, 6.45) is 0. The molecule has 0 radical (unpaired) electrons. The minimum absolute atomic E-state index is 0.498. The second-order valence-corrected chi connectivity index (χ2v) is 4.04. The van der Waals surface area contributed by atoms with E-state index < -0.39 is 0 Å². The van der Waals surface area contributed by atoms with Crippen LogP contribution in [-0.2, 0) is 0 Å². The Bertz CT molecular complexity index is 283. The maximum Gasteiger partial charge on any atom is 0.0588 e. The lowest BCUT2D eigenvalue weighted by atomic mass is 10.1. The molecular formula is C9H10BrN. The number of fused-ring (bicyclic) bond motifs is 1. The number of rotatable bonds is 0. The topological polar surface area (TPSA) is 12.0 Å². The van der Waals surface area contributed by atoms with Gasteiger partial charge in [-0.2, -0.15) is 0 Å². The van der Waals surface area contributed by atoms with E-state index in [1.165, 1.54) is 16.8 Å². The average Bonchev–Trinajstić information content (AvgIpc) is 2.33. The van der Waals surface area contributed by atoms with Crippen LogP contribution in [-0.4, -0.2) is 6.54 Å². The zero-order chi connectivity index (χ0) is 7.84. The van der Waals surface area contributed by atoms with Gasteiger partial charge in [0.15, 0.2) is 0 Å². The molecule has 1 atom stereocenters. The smallest absolute Gasteiger partial charge is 0.0588 e. The molecule has 0 fully saturated rings. The highest BCUT2D eigenvalue weighted by Crippen LogP contribution is 2.35. The molecule has 0 aliphatic carbocycles. The molecule has 0 bridgehead atoms. The van der Waals surface area contributed by atoms with Gasteiger partial charge in [-0.15, -0.1) is 0 Å². The average molecular weight is 212 g/mol. The Balaban J connectivity index is 2.52. The molecule has 2 heteroatoms. The van der Waals surface area contributed by atoms with Gasteiger partial charge in [0, 0.05) is 12.2 Å². The molecule has 0 saturated heterocycles. The molecule has 0 aromatic heterocycles. The van der Waals surface area contributed by atoms with Gasteiger partial charge in [0.05, 0.1) is 4.83 Å². The van der Waals surface area contributed by atoms with E-state index in [-0.39, 0.29) is 0 Å². The van der Waals surface area contributed by atoms with Crippen LogP contribution in [0.25, 0.3) is 0 Å². The molecule has 1 unspecified atom stereocenters. The fourth-order valence-corrected chi connectivity index (χ4v) is 1.95. The number of hydrogen-bond donors (Lipinski definition) is 1. The number of alkyl halides is 1. The van der Waals surface area contributed by atoms with Crippen molar-refractivity contribution in [3.63, 3.8) is 0 Å². The van der Waals surface area contributed by atoms with Crippen molar-refractivity contribution in [2.24, 2.45) is 0 Å². The largest absolute Gasteiger partial charge is 0.383 e. The van der Waals surface area contributed by atoms with Gasteiger partial charge in [0.25, 0.3) is 0 Å². The third kappa shape index (κ3) is 1.16. The minimum atomic E-state index is 0.498. The predicted molar refractivity (Wildman–Crippen MR) is 51.3 cm³/mol. The van der Waals surface area contributed by atoms with Gasteiger partial charge >= 0.3 is 0 Å². The van der Waals surface area contributed by atoms with Crippen molar-refractivity contribution in [1.82, 2.24) is 0 Å². The second kappa shape index (κ2) is 2.52. The summed E-state index contributed by atoms with van der Waals surface area (Å²) in [6.45, 7) is 3.14. The second-order valence-electron chi connectivity index (χ2n) is 2.94. The summed E-state index contributed by atoms with van der Waals surface area (Å²) in [7, 11) is 0. The summed E-state index contributed by atoms with van der Waals surface area (Å²) in [5.41, 5.74) is 4.00. The van der Waals surface area contributed by atoms with Gasteiger partial charge in [-0.25, -0.2) is 0 Å². The number of halogens is 1. The number of nitrogens with one attached hydrogen (secondary N) is 1. The van der Waals surface area contributed by atoms with E-state index in [0.717, 1.165) is 6.54 Å². The summed E-state index contributed by atoms with van der Waals surface area (Å²) >= 11 is 3.61. The van der Waals surface area contributed by atoms with Crippen LogP contribution in [0.4, 0.5) is 5.69 Å². The van der Waals surface area contributed by atoms with Crippen molar-refractivity contribution >= 4 is 21.6 Å². The van der Waals surface area contributed by atoms with Gasteiger partial charge < -0.3 is 5.32 Å². The highest BCUT2D eigenvalue weighted by atomic mass is 79.9. The number of aryl methyl sites for hydroxylation is 1. The van der Waals surface area contributed by atoms with Crippen LogP contribution in [0.3, 0.4) is 0 Å². The Hall–Kier alpha value is -0.500. The van der Waals surface area contributed by atoms with Gasteiger partial charge in [0.1, 0.15) is 0 Å². The fraction of sp³-hybridized carbons (Fsp3) is 0.333. The van der Waals surface area contributed by atoms with Crippen LogP contribution in [0.1, 0.15) is 16.0 Å². The molecule has 2 rings (SSSR count). The van der Waals surface area contributed by atoms with Crippen LogP contribution >= 0.6 is 15.9 Å². The Morgan fingerprint density at radius 3 is 3.18 bits per heavy atom. The molecule has 0 saturated carbocycles. The SMILES string of the molecule is Cc1ccc2c(c1)C(Br)CN2. The molecular weight excluding hydrogens is 202 g/mol. The first-order chi connectivity index (χ1) is 5.27. The molecule has 0 spiro atoms. The molecule has 58 valence electrons. The molecule has 1 aromatic carbocycles. The fourth-order valence-electron chi connectivity index (χ4n) is 1.41. The third-order valence-corrected chi connectivity index (χ3v) is 2.83. The van der Waals surface area contributed by atoms with Crippen molar-refractivity contribution < 1.29 is 0 Å². The Morgan fingerprint density at radius 2 is 2.36 bits per heavy atom. The van der Waals surface area contributed by atoms with Crippen molar-refractivity contribution in [2.45, 2.75) is 11.8 Å². The van der Waals surface area contributed by atoms with E-state index in [1.807, 2.05) is 0 Å². The lowest BCUT2D eigenvalue weighted by Gasteiger charge is -2.01. The first-order valence-electron chi connectivity index (χ1n) is 3.76. The van der Waals surface area contributed by atoms with Crippen molar-refractivity contribution in [3.8, 4) is 0 Å². The quantitative estimate of drug-likeness (QED) is 0.652. The molecule has 1 nitrogen and oxygen atoms in total. The molecule has 1 heterocycles. The van der Waals surface area contributed by atoms with Gasteiger partial charge in [-0.05, 0) is 18.6 Å². The van der Waals surface area contributed by atoms with Crippen LogP contribution in [0.15, 0.2) is 18.2 Å². The van der Waals surface area contributed by atoms with E-state index >= 15 is 0 Å². The summed E-state index contributed by atoms with van der Waals surface area (Å²) < 4.78 is 0. The summed E-state index contributed by atoms with van der Waals surface area (Å²) in [5.74, 6) is 0. The monoisotopic (exact) mass is 211 g/mol. The van der Waals surface area contributed by atoms with Gasteiger partial charge in [-0.1, -0.05) is 33.6 Å². The van der Waals surface area contributed by atoms with E-state index in [2.05, 4.69) is 46.4 Å². The lowest BCUT2D eigenvalue weighted by Crippen LogP contribution is -1.93. The Kier molecular flexibility index (Phi) is 1.64. The lowest BCUT2D eigenvalue weighted by molar-refractivity contribution is 1.09. The first kappa shape index (κ1) is 7.17. The van der Waals surface area contributed by atoms with Gasteiger partial charge in [-0.3, -0.25) is 0 Å². The normalized spacial score (nSPS) is 21.1. The zero-order valence-corrected chi connectivity index (χ0v) is 7.98. The van der Waals surface area contributed by atoms with E-state index in [9.17, 15) is 0 Å². The van der Waals surface area contributed by atoms with Crippen LogP contribution in [0.2, 0.25) is 0 Å². The van der Waals surface area contributed by atoms with Crippen molar-refractivity contribution in [2.75, 3.05) is 11.9 Å². The molecule has 1 N–H and O–H groups in total. The standard InChI is InChI=1S/C9H10BrN/c1-6-2-3-9-7(4-6)8(10)5-11-9/h2-4,8,11H,5H2,1H3. The molecule has 0 amide bonds. The minimum Gasteiger partial charge on any atom is -0.383 e. The van der Waals surface area contributed by atoms with Crippen LogP contribution in [0.5, 0.6) is 0 Å². The number of anilines is 1. The van der Waals surface area contributed by atoms with Gasteiger partial charge in [0.2, 0.25) is 0 Å². The van der Waals surface area contributed by atoms with E-state index in [4.69, 9.17) is 0 Å². The Morgan fingerprint density at radius 1 is 1.55 bits per heavy atom. The third-order valence-electron chi connectivity index (χ3n) is 2.02. The van der Waals surface area contributed by atoms with E-state index in [0.29, 0.717) is 4.83 Å². The molecule has 1 aliphatic heterocycles. The van der Waals surface area contributed by atoms with Crippen LogP contribution in [0, 0.1) is 6.92 Å². The molecule has 1 aliphatic rings. The number of benzene rings is 1. The van der Waals surface area contributed by atoms with Crippen molar-refractivity contribution in [3.05, 3.63) is 29.3 Å². The highest BCUT2D eigenvalue weighted by Gasteiger charge is 2.18. The molecule has 11 heavy (non-hydrogen) atoms. The summed E-state index contributed by atoms with van der Waals surface area (Å²) in [6, 6.07) is 6.51. The van der Waals surface area contributed by atoms with E-state index in [1.54, 1.807) is 0 Å². The Labute approximate surface area is 74.9 Å². The molecule has 1 aromatic rings. The summed E-state index contributed by atoms with van der Waals surface area (Å²) in [4.78, 5) is 0.498. The van der Waals surface area contributed by atoms with Crippen molar-refractivity contribution in [1.29, 1.82) is 0 Å². The number of hydrogen-bond acceptors (Lipinski definition) is 1. The maximum absolute atomic E-state index is 3.61. The predicted octanol–water partition coefficient (Wildman–Crippen LogP) is 2.86. The maximum atomic E-state index is 3.61. The zero-order valence-electron chi connectivity index (χ0n) is 6.39. The summed E-state index contributed by atoms with van der Waals surface area (Å²) in [5, 5.41) is 3.33. The highest BCUT2D eigenvalue weighted by molar-refractivity contribution is 9.09. The van der Waals surface area contributed by atoms with Crippen LogP contribution < -0.4 is 5.32 Å². The first-order valence-corrected chi connectivity index (χ1v) is 4.67.